The lowest BCUT2D eigenvalue weighted by Gasteiger charge is -2.35. The molecule has 1 unspecified atom stereocenters. The highest BCUT2D eigenvalue weighted by atomic mass is 16.2. The molecule has 4 nitrogen and oxygen atoms in total. The molecule has 18 heavy (non-hydrogen) atoms. The van der Waals surface area contributed by atoms with E-state index >= 15 is 0 Å². The Labute approximate surface area is 108 Å². The van der Waals surface area contributed by atoms with Crippen LogP contribution in [0.3, 0.4) is 0 Å². The minimum absolute atomic E-state index is 0.144. The highest BCUT2D eigenvalue weighted by Gasteiger charge is 2.39. The van der Waals surface area contributed by atoms with Crippen LogP contribution in [0.15, 0.2) is 30.3 Å². The molecule has 0 saturated carbocycles. The van der Waals surface area contributed by atoms with Crippen molar-refractivity contribution in [3.8, 4) is 0 Å². The van der Waals surface area contributed by atoms with E-state index in [2.05, 4.69) is 31.0 Å². The van der Waals surface area contributed by atoms with Crippen LogP contribution in [0.4, 0.5) is 0 Å². The Morgan fingerprint density at radius 2 is 2.00 bits per heavy atom. The molecule has 1 aromatic carbocycles. The number of carbonyl (C=O) groups is 1. The van der Waals surface area contributed by atoms with Crippen molar-refractivity contribution in [3.63, 3.8) is 0 Å². The van der Waals surface area contributed by atoms with Crippen LogP contribution in [0.1, 0.15) is 31.9 Å². The summed E-state index contributed by atoms with van der Waals surface area (Å²) in [6.45, 7) is 5.31. The summed E-state index contributed by atoms with van der Waals surface area (Å²) in [6.07, 6.45) is 0.544. The Bertz CT molecular complexity index is 405. The summed E-state index contributed by atoms with van der Waals surface area (Å²) < 4.78 is 0. The van der Waals surface area contributed by atoms with Crippen molar-refractivity contribution in [2.45, 2.75) is 32.4 Å². The van der Waals surface area contributed by atoms with Gasteiger partial charge >= 0.3 is 0 Å². The molecule has 1 aromatic rings. The number of benzene rings is 1. The summed E-state index contributed by atoms with van der Waals surface area (Å²) in [5.41, 5.74) is 6.79. The lowest BCUT2D eigenvalue weighted by molar-refractivity contribution is -0.141. The number of amides is 1. The maximum absolute atomic E-state index is 12.1. The number of nitrogens with two attached hydrogens (primary N) is 1. The van der Waals surface area contributed by atoms with E-state index in [9.17, 15) is 4.79 Å². The average molecular weight is 247 g/mol. The summed E-state index contributed by atoms with van der Waals surface area (Å²) in [6, 6.07) is 10.6. The van der Waals surface area contributed by atoms with Gasteiger partial charge < -0.3 is 5.73 Å². The van der Waals surface area contributed by atoms with Crippen LogP contribution >= 0.6 is 0 Å². The fraction of sp³-hybridized carbons (Fsp3) is 0.500. The minimum Gasteiger partial charge on any atom is -0.329 e. The van der Waals surface area contributed by atoms with Gasteiger partial charge in [-0.05, 0) is 19.4 Å². The third-order valence-corrected chi connectivity index (χ3v) is 3.31. The molecule has 1 atom stereocenters. The monoisotopic (exact) mass is 247 g/mol. The normalized spacial score (nSPS) is 21.0. The third kappa shape index (κ3) is 2.40. The molecule has 1 amide bonds. The van der Waals surface area contributed by atoms with Crippen LogP contribution in [0.2, 0.25) is 0 Å². The van der Waals surface area contributed by atoms with Crippen LogP contribution in [0.25, 0.3) is 0 Å². The van der Waals surface area contributed by atoms with Gasteiger partial charge in [0.05, 0.1) is 6.04 Å². The van der Waals surface area contributed by atoms with Crippen LogP contribution in [0.5, 0.6) is 0 Å². The second kappa shape index (κ2) is 5.50. The van der Waals surface area contributed by atoms with Crippen molar-refractivity contribution >= 4 is 5.91 Å². The van der Waals surface area contributed by atoms with Gasteiger partial charge in [-0.25, -0.2) is 5.01 Å². The van der Waals surface area contributed by atoms with E-state index in [-0.39, 0.29) is 18.0 Å². The van der Waals surface area contributed by atoms with Crippen molar-refractivity contribution in [1.82, 2.24) is 10.0 Å². The first-order valence-electron chi connectivity index (χ1n) is 6.48. The summed E-state index contributed by atoms with van der Waals surface area (Å²) in [5, 5.41) is 3.97. The maximum Gasteiger partial charge on any atom is 0.238 e. The van der Waals surface area contributed by atoms with Crippen molar-refractivity contribution in [1.29, 1.82) is 0 Å². The number of hydrazine groups is 1. The Morgan fingerprint density at radius 1 is 1.33 bits per heavy atom. The van der Waals surface area contributed by atoms with Gasteiger partial charge in [0.1, 0.15) is 0 Å². The van der Waals surface area contributed by atoms with E-state index in [0.717, 1.165) is 0 Å². The predicted molar refractivity (Wildman–Crippen MR) is 71.5 cm³/mol. The fourth-order valence-electron chi connectivity index (χ4n) is 2.61. The van der Waals surface area contributed by atoms with Crippen LogP contribution in [-0.4, -0.2) is 35.1 Å². The molecule has 98 valence electrons. The van der Waals surface area contributed by atoms with Gasteiger partial charge in [0.25, 0.3) is 0 Å². The molecule has 1 heterocycles. The molecule has 1 saturated heterocycles. The van der Waals surface area contributed by atoms with E-state index in [0.29, 0.717) is 19.5 Å². The smallest absolute Gasteiger partial charge is 0.238 e. The Balaban J connectivity index is 2.28. The lowest BCUT2D eigenvalue weighted by atomic mass is 10.0. The van der Waals surface area contributed by atoms with Gasteiger partial charge in [0.2, 0.25) is 5.91 Å². The molecule has 2 N–H and O–H groups in total. The maximum atomic E-state index is 12.1. The van der Waals surface area contributed by atoms with Crippen LogP contribution in [-0.2, 0) is 4.79 Å². The number of nitrogens with zero attached hydrogens (tertiary/aromatic N) is 2. The molecule has 0 aromatic heterocycles. The molecule has 1 aliphatic rings. The van der Waals surface area contributed by atoms with Gasteiger partial charge in [0, 0.05) is 25.6 Å². The van der Waals surface area contributed by atoms with E-state index < -0.39 is 0 Å². The zero-order valence-electron chi connectivity index (χ0n) is 11.0. The Kier molecular flexibility index (Phi) is 3.99. The van der Waals surface area contributed by atoms with E-state index in [1.807, 2.05) is 23.2 Å². The average Bonchev–Trinajstić information content (AvgIpc) is 2.69. The Hall–Kier alpha value is -1.39. The predicted octanol–water partition coefficient (Wildman–Crippen LogP) is 1.54. The van der Waals surface area contributed by atoms with E-state index in [1.165, 1.54) is 5.56 Å². The van der Waals surface area contributed by atoms with Crippen molar-refractivity contribution in [2.75, 3.05) is 13.1 Å². The van der Waals surface area contributed by atoms with Gasteiger partial charge in [-0.1, -0.05) is 30.3 Å². The Morgan fingerprint density at radius 3 is 2.56 bits per heavy atom. The quantitative estimate of drug-likeness (QED) is 0.878. The highest BCUT2D eigenvalue weighted by molar-refractivity contribution is 5.78. The number of hydrogen-bond acceptors (Lipinski definition) is 3. The number of rotatable bonds is 4. The second-order valence-corrected chi connectivity index (χ2v) is 4.91. The summed E-state index contributed by atoms with van der Waals surface area (Å²) >= 11 is 0. The van der Waals surface area contributed by atoms with Crippen molar-refractivity contribution < 1.29 is 4.79 Å². The second-order valence-electron chi connectivity index (χ2n) is 4.91. The van der Waals surface area contributed by atoms with Crippen LogP contribution < -0.4 is 5.73 Å². The van der Waals surface area contributed by atoms with E-state index in [4.69, 9.17) is 5.73 Å². The zero-order chi connectivity index (χ0) is 13.1. The highest BCUT2D eigenvalue weighted by Crippen LogP contribution is 2.34. The molecular weight excluding hydrogens is 226 g/mol. The largest absolute Gasteiger partial charge is 0.329 e. The topological polar surface area (TPSA) is 49.6 Å². The number of carbonyl (C=O) groups excluding carboxylic acids is 1. The first-order chi connectivity index (χ1) is 8.65. The summed E-state index contributed by atoms with van der Waals surface area (Å²) in [7, 11) is 0. The van der Waals surface area contributed by atoms with Crippen molar-refractivity contribution in [2.24, 2.45) is 5.73 Å². The lowest BCUT2D eigenvalue weighted by Crippen LogP contribution is -2.46. The van der Waals surface area contributed by atoms with Gasteiger partial charge in [-0.3, -0.25) is 9.80 Å². The third-order valence-electron chi connectivity index (χ3n) is 3.31. The standard InChI is InChI=1S/C14H21N3O/c1-11(2)17-13(12-6-4-3-5-7-12)10-14(18)16(17)9-8-15/h3-7,11,13H,8-10,15H2,1-2H3. The molecule has 2 rings (SSSR count). The molecule has 0 spiro atoms. The van der Waals surface area contributed by atoms with Gasteiger partial charge in [-0.15, -0.1) is 0 Å². The molecule has 0 aliphatic carbocycles. The molecule has 1 fully saturated rings. The first kappa shape index (κ1) is 13.1. The number of hydrogen-bond donors (Lipinski definition) is 1. The van der Waals surface area contributed by atoms with E-state index in [1.54, 1.807) is 0 Å². The first-order valence-corrected chi connectivity index (χ1v) is 6.48. The zero-order valence-corrected chi connectivity index (χ0v) is 11.0. The molecular formula is C14H21N3O. The van der Waals surface area contributed by atoms with Crippen molar-refractivity contribution in [3.05, 3.63) is 35.9 Å². The molecule has 0 bridgehead atoms. The molecule has 1 aliphatic heterocycles. The molecule has 4 heteroatoms. The molecule has 0 radical (unpaired) electrons. The fourth-order valence-corrected chi connectivity index (χ4v) is 2.61. The van der Waals surface area contributed by atoms with Crippen LogP contribution in [0, 0.1) is 0 Å². The van der Waals surface area contributed by atoms with Gasteiger partial charge in [0.15, 0.2) is 0 Å². The van der Waals surface area contributed by atoms with Gasteiger partial charge in [-0.2, -0.15) is 0 Å². The minimum atomic E-state index is 0.144. The SMILES string of the molecule is CC(C)N1C(c2ccccc2)CC(=O)N1CCN. The summed E-state index contributed by atoms with van der Waals surface area (Å²) in [4.78, 5) is 12.1. The summed E-state index contributed by atoms with van der Waals surface area (Å²) in [5.74, 6) is 0.169.